The lowest BCUT2D eigenvalue weighted by Gasteiger charge is -2.05. The van der Waals surface area contributed by atoms with Gasteiger partial charge in [-0.3, -0.25) is 9.59 Å². The number of hydrogen-bond donors (Lipinski definition) is 0. The predicted molar refractivity (Wildman–Crippen MR) is 98.7 cm³/mol. The highest BCUT2D eigenvalue weighted by atomic mass is 16.5. The average Bonchev–Trinajstić information content (AvgIpc) is 2.94. The minimum atomic E-state index is -0.146. The van der Waals surface area contributed by atoms with E-state index in [2.05, 4.69) is 29.9 Å². The maximum absolute atomic E-state index is 12.0. The summed E-state index contributed by atoms with van der Waals surface area (Å²) in [6.45, 7) is 2.22. The van der Waals surface area contributed by atoms with E-state index in [9.17, 15) is 9.59 Å². The highest BCUT2D eigenvalue weighted by molar-refractivity contribution is 6.07. The second kappa shape index (κ2) is 12.7. The number of unbranched alkanes of at least 4 members (excludes halogenated alkanes) is 7. The zero-order valence-corrected chi connectivity index (χ0v) is 15.3. The van der Waals surface area contributed by atoms with Gasteiger partial charge in [0.2, 0.25) is 0 Å². The molecule has 0 aromatic carbocycles. The summed E-state index contributed by atoms with van der Waals surface area (Å²) < 4.78 is 4.62. The lowest BCUT2D eigenvalue weighted by atomic mass is 9.98. The molecule has 0 heterocycles. The highest BCUT2D eigenvalue weighted by Gasteiger charge is 2.19. The van der Waals surface area contributed by atoms with Gasteiger partial charge >= 0.3 is 5.97 Å². The van der Waals surface area contributed by atoms with Gasteiger partial charge in [0.05, 0.1) is 7.11 Å². The number of ketones is 1. The number of rotatable bonds is 12. The SMILES string of the molecule is CCCCCC/C=C/[C@@H]1C=CC(=O)/C1=C/CCCCCC(=O)OC. The zero-order chi connectivity index (χ0) is 17.6. The van der Waals surface area contributed by atoms with Gasteiger partial charge < -0.3 is 4.74 Å². The van der Waals surface area contributed by atoms with Gasteiger partial charge in [0, 0.05) is 17.9 Å². The van der Waals surface area contributed by atoms with Crippen LogP contribution in [0.1, 0.15) is 71.1 Å². The molecule has 0 fully saturated rings. The van der Waals surface area contributed by atoms with Crippen molar-refractivity contribution in [3.8, 4) is 0 Å². The van der Waals surface area contributed by atoms with E-state index in [1.54, 1.807) is 6.08 Å². The van der Waals surface area contributed by atoms with Crippen LogP contribution in [-0.2, 0) is 14.3 Å². The lowest BCUT2D eigenvalue weighted by Crippen LogP contribution is -2.01. The molecule has 0 spiro atoms. The first-order chi connectivity index (χ1) is 11.7. The smallest absolute Gasteiger partial charge is 0.305 e. The van der Waals surface area contributed by atoms with E-state index in [-0.39, 0.29) is 17.7 Å². The molecule has 0 saturated heterocycles. The van der Waals surface area contributed by atoms with Crippen LogP contribution in [-0.4, -0.2) is 18.9 Å². The Kier molecular flexibility index (Phi) is 10.8. The minimum Gasteiger partial charge on any atom is -0.469 e. The maximum atomic E-state index is 12.0. The molecule has 0 bridgehead atoms. The van der Waals surface area contributed by atoms with Crippen molar-refractivity contribution in [2.75, 3.05) is 7.11 Å². The van der Waals surface area contributed by atoms with Crippen LogP contribution in [0.15, 0.2) is 36.0 Å². The van der Waals surface area contributed by atoms with E-state index in [1.165, 1.54) is 32.8 Å². The Bertz CT molecular complexity index is 471. The van der Waals surface area contributed by atoms with E-state index >= 15 is 0 Å². The number of carbonyl (C=O) groups excluding carboxylic acids is 2. The van der Waals surface area contributed by atoms with Crippen molar-refractivity contribution in [3.63, 3.8) is 0 Å². The molecule has 0 amide bonds. The summed E-state index contributed by atoms with van der Waals surface area (Å²) in [6.07, 6.45) is 20.5. The van der Waals surface area contributed by atoms with Crippen molar-refractivity contribution in [1.82, 2.24) is 0 Å². The molecule has 0 unspecified atom stereocenters. The van der Waals surface area contributed by atoms with E-state index in [1.807, 2.05) is 6.08 Å². The number of esters is 1. The molecule has 24 heavy (non-hydrogen) atoms. The largest absolute Gasteiger partial charge is 0.469 e. The summed E-state index contributed by atoms with van der Waals surface area (Å²) in [4.78, 5) is 23.0. The molecule has 0 saturated carbocycles. The van der Waals surface area contributed by atoms with Gasteiger partial charge in [-0.15, -0.1) is 0 Å². The third-order valence-electron chi connectivity index (χ3n) is 4.34. The first-order valence-electron chi connectivity index (χ1n) is 9.35. The molecule has 3 heteroatoms. The number of methoxy groups -OCH3 is 1. The van der Waals surface area contributed by atoms with Gasteiger partial charge in [-0.1, -0.05) is 56.9 Å². The molecule has 1 aliphatic rings. The van der Waals surface area contributed by atoms with Gasteiger partial charge in [-0.25, -0.2) is 0 Å². The summed E-state index contributed by atoms with van der Waals surface area (Å²) in [6, 6.07) is 0. The maximum Gasteiger partial charge on any atom is 0.305 e. The summed E-state index contributed by atoms with van der Waals surface area (Å²) in [5.41, 5.74) is 0.910. The second-order valence-electron chi connectivity index (χ2n) is 6.36. The van der Waals surface area contributed by atoms with Gasteiger partial charge in [-0.2, -0.15) is 0 Å². The fourth-order valence-electron chi connectivity index (χ4n) is 2.84. The third-order valence-corrected chi connectivity index (χ3v) is 4.34. The van der Waals surface area contributed by atoms with Crippen molar-refractivity contribution in [1.29, 1.82) is 0 Å². The van der Waals surface area contributed by atoms with Crippen LogP contribution in [0.4, 0.5) is 0 Å². The molecule has 0 N–H and O–H groups in total. The average molecular weight is 332 g/mol. The standard InChI is InChI=1S/C21H32O3/c1-3-4-5-6-7-10-13-18-16-17-20(22)19(18)14-11-8-9-12-15-21(23)24-2/h10,13-14,16-18H,3-9,11-12,15H2,1-2H3/b13-10+,19-14+/t18-/m1/s1. The lowest BCUT2D eigenvalue weighted by molar-refractivity contribution is -0.140. The van der Waals surface area contributed by atoms with Gasteiger partial charge in [0.15, 0.2) is 5.78 Å². The second-order valence-corrected chi connectivity index (χ2v) is 6.36. The molecule has 1 aliphatic carbocycles. The molecule has 1 rings (SSSR count). The quantitative estimate of drug-likeness (QED) is 0.210. The van der Waals surface area contributed by atoms with E-state index in [0.717, 1.165) is 37.7 Å². The monoisotopic (exact) mass is 332 g/mol. The number of allylic oxidation sites excluding steroid dienone is 6. The van der Waals surface area contributed by atoms with E-state index in [4.69, 9.17) is 0 Å². The zero-order valence-electron chi connectivity index (χ0n) is 15.3. The summed E-state index contributed by atoms with van der Waals surface area (Å²) >= 11 is 0. The highest BCUT2D eigenvalue weighted by Crippen LogP contribution is 2.24. The van der Waals surface area contributed by atoms with Crippen LogP contribution in [0.3, 0.4) is 0 Å². The molecule has 3 nitrogen and oxygen atoms in total. The number of carbonyl (C=O) groups is 2. The molecule has 0 radical (unpaired) electrons. The van der Waals surface area contributed by atoms with Crippen LogP contribution >= 0.6 is 0 Å². The van der Waals surface area contributed by atoms with Crippen molar-refractivity contribution in [2.45, 2.75) is 71.1 Å². The topological polar surface area (TPSA) is 43.4 Å². The molecular formula is C21H32O3. The molecule has 134 valence electrons. The summed E-state index contributed by atoms with van der Waals surface area (Å²) in [5, 5.41) is 0. The van der Waals surface area contributed by atoms with E-state index < -0.39 is 0 Å². The van der Waals surface area contributed by atoms with Crippen LogP contribution in [0.5, 0.6) is 0 Å². The van der Waals surface area contributed by atoms with Gasteiger partial charge in [0.25, 0.3) is 0 Å². The summed E-state index contributed by atoms with van der Waals surface area (Å²) in [5.74, 6) is 0.150. The fourth-order valence-corrected chi connectivity index (χ4v) is 2.84. The van der Waals surface area contributed by atoms with Crippen molar-refractivity contribution in [3.05, 3.63) is 36.0 Å². The fraction of sp³-hybridized carbons (Fsp3) is 0.619. The Morgan fingerprint density at radius 1 is 1.12 bits per heavy atom. The first kappa shape index (κ1) is 20.4. The third kappa shape index (κ3) is 8.28. The molecule has 1 atom stereocenters. The van der Waals surface area contributed by atoms with Crippen LogP contribution in [0, 0.1) is 5.92 Å². The Labute approximate surface area is 146 Å². The van der Waals surface area contributed by atoms with Crippen LogP contribution in [0.2, 0.25) is 0 Å². The minimum absolute atomic E-state index is 0.144. The Hall–Kier alpha value is -1.64. The van der Waals surface area contributed by atoms with Crippen LogP contribution in [0.25, 0.3) is 0 Å². The van der Waals surface area contributed by atoms with Crippen molar-refractivity contribution in [2.24, 2.45) is 5.92 Å². The van der Waals surface area contributed by atoms with Gasteiger partial charge in [0.1, 0.15) is 0 Å². The Balaban J connectivity index is 2.29. The predicted octanol–water partition coefficient (Wildman–Crippen LogP) is 5.32. The number of hydrogen-bond acceptors (Lipinski definition) is 3. The molecule has 0 aromatic rings. The van der Waals surface area contributed by atoms with Crippen LogP contribution < -0.4 is 0 Å². The normalized spacial score (nSPS) is 18.8. The Morgan fingerprint density at radius 2 is 1.88 bits per heavy atom. The number of ether oxygens (including phenoxy) is 1. The van der Waals surface area contributed by atoms with E-state index in [0.29, 0.717) is 6.42 Å². The molecule has 0 aromatic heterocycles. The van der Waals surface area contributed by atoms with Gasteiger partial charge in [-0.05, 0) is 38.2 Å². The summed E-state index contributed by atoms with van der Waals surface area (Å²) in [7, 11) is 1.42. The molecule has 0 aliphatic heterocycles. The molecular weight excluding hydrogens is 300 g/mol. The van der Waals surface area contributed by atoms with Crippen molar-refractivity contribution >= 4 is 11.8 Å². The van der Waals surface area contributed by atoms with Crippen molar-refractivity contribution < 1.29 is 14.3 Å². The Morgan fingerprint density at radius 3 is 2.62 bits per heavy atom. The first-order valence-corrected chi connectivity index (χ1v) is 9.35.